The molecule has 2 fully saturated rings. The fourth-order valence-electron chi connectivity index (χ4n) is 4.21. The minimum atomic E-state index is -4.97. The molecule has 0 saturated carbocycles. The van der Waals surface area contributed by atoms with Crippen molar-refractivity contribution in [3.8, 4) is 11.1 Å². The average molecular weight is 545 g/mol. The summed E-state index contributed by atoms with van der Waals surface area (Å²) in [5, 5.41) is 1.65. The van der Waals surface area contributed by atoms with Gasteiger partial charge in [0.25, 0.3) is 11.1 Å². The van der Waals surface area contributed by atoms with Gasteiger partial charge < -0.3 is 4.74 Å². The smallest absolute Gasteiger partial charge is 0.379 e. The van der Waals surface area contributed by atoms with E-state index in [-0.39, 0.29) is 22.1 Å². The van der Waals surface area contributed by atoms with Gasteiger partial charge in [0.15, 0.2) is 0 Å². The largest absolute Gasteiger partial charge is 0.416 e. The molecule has 0 spiro atoms. The van der Waals surface area contributed by atoms with Crippen molar-refractivity contribution in [2.75, 3.05) is 32.8 Å². The normalized spacial score (nSPS) is 18.8. The summed E-state index contributed by atoms with van der Waals surface area (Å²) in [6.07, 6.45) is -8.95. The van der Waals surface area contributed by atoms with Crippen molar-refractivity contribution in [3.63, 3.8) is 0 Å². The maximum absolute atomic E-state index is 13.4. The molecule has 2 amide bonds. The number of carbonyl (C=O) groups is 2. The maximum atomic E-state index is 13.4. The molecule has 0 bridgehead atoms. The third kappa shape index (κ3) is 6.74. The molecule has 1 N–H and O–H groups in total. The average Bonchev–Trinajstić information content (AvgIpc) is 3.18. The Morgan fingerprint density at radius 2 is 1.57 bits per heavy atom. The second kappa shape index (κ2) is 10.9. The second-order valence-corrected chi connectivity index (χ2v) is 9.57. The molecule has 2 heterocycles. The molecule has 0 aromatic heterocycles. The number of hydrogen-bond acceptors (Lipinski definition) is 5. The van der Waals surface area contributed by atoms with E-state index < -0.39 is 34.6 Å². The first-order valence-electron chi connectivity index (χ1n) is 11.4. The molecule has 2 aliphatic heterocycles. The molecule has 0 unspecified atom stereocenters. The lowest BCUT2D eigenvalue weighted by atomic mass is 9.94. The molecule has 198 valence electrons. The van der Waals surface area contributed by atoms with Gasteiger partial charge in [0.2, 0.25) is 0 Å². The Morgan fingerprint density at radius 3 is 2.14 bits per heavy atom. The van der Waals surface area contributed by atoms with Gasteiger partial charge in [-0.15, -0.1) is 0 Å². The van der Waals surface area contributed by atoms with E-state index in [4.69, 9.17) is 4.74 Å². The number of imide groups is 1. The van der Waals surface area contributed by atoms with Gasteiger partial charge in [0.05, 0.1) is 29.2 Å². The first kappa shape index (κ1) is 27.2. The Hall–Kier alpha value is -2.83. The van der Waals surface area contributed by atoms with Gasteiger partial charge in [0, 0.05) is 13.1 Å². The number of rotatable bonds is 6. The van der Waals surface area contributed by atoms with Crippen molar-refractivity contribution in [2.45, 2.75) is 25.2 Å². The number of alkyl halides is 6. The van der Waals surface area contributed by atoms with Gasteiger partial charge in [-0.05, 0) is 77.7 Å². The predicted molar refractivity (Wildman–Crippen MR) is 126 cm³/mol. The Bertz CT molecular complexity index is 1190. The lowest BCUT2D eigenvalue weighted by Crippen LogP contribution is -2.36. The summed E-state index contributed by atoms with van der Waals surface area (Å²) in [7, 11) is 0. The number of hydrogen-bond donors (Lipinski definition) is 1. The van der Waals surface area contributed by atoms with Crippen LogP contribution < -0.4 is 5.32 Å². The Kier molecular flexibility index (Phi) is 8.00. The Balaban J connectivity index is 1.71. The molecular weight excluding hydrogens is 522 g/mol. The van der Waals surface area contributed by atoms with Crippen LogP contribution in [0.3, 0.4) is 0 Å². The zero-order valence-corrected chi connectivity index (χ0v) is 20.2. The number of nitrogens with one attached hydrogen (secondary N) is 1. The molecule has 0 aliphatic carbocycles. The fourth-order valence-corrected chi connectivity index (χ4v) is 5.03. The summed E-state index contributed by atoms with van der Waals surface area (Å²) in [6, 6.07) is 7.39. The molecular formula is C25H22F6N2O3S. The van der Waals surface area contributed by atoms with Gasteiger partial charge in [-0.1, -0.05) is 18.2 Å². The monoisotopic (exact) mass is 544 g/mol. The van der Waals surface area contributed by atoms with Gasteiger partial charge >= 0.3 is 12.4 Å². The number of halogens is 6. The van der Waals surface area contributed by atoms with Crippen molar-refractivity contribution in [1.82, 2.24) is 10.2 Å². The lowest BCUT2D eigenvalue weighted by Gasteiger charge is -2.26. The van der Waals surface area contributed by atoms with Crippen molar-refractivity contribution >= 4 is 28.5 Å². The highest BCUT2D eigenvalue weighted by molar-refractivity contribution is 8.18. The van der Waals surface area contributed by atoms with E-state index in [2.05, 4.69) is 10.2 Å². The summed E-state index contributed by atoms with van der Waals surface area (Å²) in [6.45, 7) is 3.43. The van der Waals surface area contributed by atoms with Crippen LogP contribution in [0.5, 0.6) is 0 Å². The topological polar surface area (TPSA) is 58.6 Å². The second-order valence-electron chi connectivity index (χ2n) is 8.58. The number of morpholine rings is 1. The molecule has 12 heteroatoms. The first-order valence-corrected chi connectivity index (χ1v) is 12.2. The van der Waals surface area contributed by atoms with Crippen LogP contribution in [0.2, 0.25) is 0 Å². The number of thioether (sulfide) groups is 1. The van der Waals surface area contributed by atoms with Crippen LogP contribution in [0.25, 0.3) is 16.7 Å². The zero-order valence-electron chi connectivity index (χ0n) is 19.3. The highest BCUT2D eigenvalue weighted by Gasteiger charge is 2.37. The predicted octanol–water partition coefficient (Wildman–Crippen LogP) is 6.20. The SMILES string of the molecule is O=C1NC(=O)/C(=C(\CCCN2CCOCC2)c2cccc(-c3cc(C(F)(F)F)cc(C(F)(F)F)c3)c2)S1. The van der Waals surface area contributed by atoms with Crippen molar-refractivity contribution in [3.05, 3.63) is 64.1 Å². The third-order valence-electron chi connectivity index (χ3n) is 6.03. The highest BCUT2D eigenvalue weighted by atomic mass is 32.2. The first-order chi connectivity index (χ1) is 17.4. The van der Waals surface area contributed by atoms with Crippen molar-refractivity contribution < 1.29 is 40.7 Å². The quantitative estimate of drug-likeness (QED) is 0.347. The van der Waals surface area contributed by atoms with Crippen LogP contribution in [0, 0.1) is 0 Å². The standard InChI is InChI=1S/C25H22F6N2O3S/c26-24(27,28)18-12-17(13-19(14-18)25(29,30)31)15-3-1-4-16(11-15)20(21-22(34)32-23(35)37-21)5-2-6-33-7-9-36-10-8-33/h1,3-4,11-14H,2,5-10H2,(H,32,34,35)/b21-20-. The van der Waals surface area contributed by atoms with Crippen LogP contribution in [-0.4, -0.2) is 48.9 Å². The fraction of sp³-hybridized carbons (Fsp3) is 0.360. The number of amides is 2. The summed E-state index contributed by atoms with van der Waals surface area (Å²) >= 11 is 0.725. The maximum Gasteiger partial charge on any atom is 0.416 e. The third-order valence-corrected chi connectivity index (χ3v) is 6.95. The van der Waals surface area contributed by atoms with E-state index in [0.717, 1.165) is 24.9 Å². The summed E-state index contributed by atoms with van der Waals surface area (Å²) < 4.78 is 85.6. The van der Waals surface area contributed by atoms with E-state index >= 15 is 0 Å². The number of carbonyl (C=O) groups excluding carboxylic acids is 2. The van der Waals surface area contributed by atoms with Gasteiger partial charge in [-0.3, -0.25) is 19.8 Å². The molecule has 5 nitrogen and oxygen atoms in total. The van der Waals surface area contributed by atoms with Gasteiger partial charge in [-0.2, -0.15) is 26.3 Å². The highest BCUT2D eigenvalue weighted by Crippen LogP contribution is 2.40. The molecule has 37 heavy (non-hydrogen) atoms. The van der Waals surface area contributed by atoms with Crippen LogP contribution in [0.4, 0.5) is 31.1 Å². The van der Waals surface area contributed by atoms with Crippen LogP contribution >= 0.6 is 11.8 Å². The van der Waals surface area contributed by atoms with E-state index in [0.29, 0.717) is 55.9 Å². The number of allylic oxidation sites excluding steroid dienone is 1. The summed E-state index contributed by atoms with van der Waals surface area (Å²) in [5.41, 5.74) is -2.02. The van der Waals surface area contributed by atoms with E-state index in [9.17, 15) is 35.9 Å². The molecule has 2 aromatic rings. The molecule has 4 rings (SSSR count). The zero-order chi connectivity index (χ0) is 26.8. The van der Waals surface area contributed by atoms with Crippen molar-refractivity contribution in [1.29, 1.82) is 0 Å². The molecule has 0 radical (unpaired) electrons. The molecule has 0 atom stereocenters. The van der Waals surface area contributed by atoms with Crippen LogP contribution in [-0.2, 0) is 21.9 Å². The Morgan fingerprint density at radius 1 is 0.919 bits per heavy atom. The minimum Gasteiger partial charge on any atom is -0.379 e. The number of nitrogens with zero attached hydrogens (tertiary/aromatic N) is 1. The van der Waals surface area contributed by atoms with E-state index in [1.807, 2.05) is 0 Å². The van der Waals surface area contributed by atoms with E-state index in [1.54, 1.807) is 6.07 Å². The lowest BCUT2D eigenvalue weighted by molar-refractivity contribution is -0.143. The molecule has 2 saturated heterocycles. The molecule has 2 aliphatic rings. The number of benzene rings is 2. The Labute approximate surface area is 212 Å². The number of ether oxygens (including phenoxy) is 1. The van der Waals surface area contributed by atoms with Crippen LogP contribution in [0.1, 0.15) is 29.5 Å². The molecule has 2 aromatic carbocycles. The van der Waals surface area contributed by atoms with Gasteiger partial charge in [-0.25, -0.2) is 0 Å². The van der Waals surface area contributed by atoms with Crippen LogP contribution in [0.15, 0.2) is 47.4 Å². The minimum absolute atomic E-state index is 0.0809. The summed E-state index contributed by atoms with van der Waals surface area (Å²) in [5.74, 6) is -0.583. The van der Waals surface area contributed by atoms with Gasteiger partial charge in [0.1, 0.15) is 0 Å². The van der Waals surface area contributed by atoms with Crippen molar-refractivity contribution in [2.24, 2.45) is 0 Å². The summed E-state index contributed by atoms with van der Waals surface area (Å²) in [4.78, 5) is 26.6. The van der Waals surface area contributed by atoms with E-state index in [1.165, 1.54) is 18.2 Å².